The summed E-state index contributed by atoms with van der Waals surface area (Å²) in [6.45, 7) is 4.19. The molecule has 3 rings (SSSR count). The van der Waals surface area contributed by atoms with Crippen LogP contribution in [0.2, 0.25) is 0 Å². The van der Waals surface area contributed by atoms with Crippen LogP contribution in [0.15, 0.2) is 0 Å². The number of rotatable bonds is 4. The Kier molecular flexibility index (Phi) is 5.29. The highest BCUT2D eigenvalue weighted by atomic mass is 32.2. The Bertz CT molecular complexity index is 299. The molecule has 0 radical (unpaired) electrons. The largest absolute Gasteiger partial charge is 0.375 e. The predicted octanol–water partition coefficient (Wildman–Crippen LogP) is 2.98. The van der Waals surface area contributed by atoms with Gasteiger partial charge in [-0.2, -0.15) is 11.8 Å². The standard InChI is InChI=1S/C16H29NO2S/c1-2-17-13-3-5-14(6-4-13)19-15-7-9-18-16(11-15)8-10-20-12-16/h13-15,17H,2-12H2,1H3. The maximum Gasteiger partial charge on any atom is 0.0805 e. The summed E-state index contributed by atoms with van der Waals surface area (Å²) in [7, 11) is 0. The molecule has 3 fully saturated rings. The van der Waals surface area contributed by atoms with Gasteiger partial charge in [0, 0.05) is 24.8 Å². The summed E-state index contributed by atoms with van der Waals surface area (Å²) in [5, 5.41) is 3.57. The molecule has 0 bridgehead atoms. The van der Waals surface area contributed by atoms with E-state index in [-0.39, 0.29) is 5.60 Å². The maximum atomic E-state index is 6.43. The zero-order valence-electron chi connectivity index (χ0n) is 12.7. The molecule has 2 unspecified atom stereocenters. The second-order valence-electron chi connectivity index (χ2n) is 6.62. The van der Waals surface area contributed by atoms with Crippen molar-refractivity contribution in [1.82, 2.24) is 5.32 Å². The second-order valence-corrected chi connectivity index (χ2v) is 7.72. The third-order valence-electron chi connectivity index (χ3n) is 5.07. The average molecular weight is 299 g/mol. The van der Waals surface area contributed by atoms with Crippen molar-refractivity contribution in [3.63, 3.8) is 0 Å². The van der Waals surface area contributed by atoms with E-state index in [2.05, 4.69) is 12.2 Å². The molecule has 0 aromatic carbocycles. The van der Waals surface area contributed by atoms with E-state index in [1.165, 1.54) is 43.6 Å². The van der Waals surface area contributed by atoms with Crippen molar-refractivity contribution >= 4 is 11.8 Å². The summed E-state index contributed by atoms with van der Waals surface area (Å²) in [4.78, 5) is 0. The first-order valence-corrected chi connectivity index (χ1v) is 9.56. The lowest BCUT2D eigenvalue weighted by Gasteiger charge is -2.40. The van der Waals surface area contributed by atoms with Crippen LogP contribution in [-0.4, -0.2) is 48.5 Å². The van der Waals surface area contributed by atoms with E-state index in [4.69, 9.17) is 9.47 Å². The molecule has 20 heavy (non-hydrogen) atoms. The van der Waals surface area contributed by atoms with Crippen LogP contribution in [0.5, 0.6) is 0 Å². The number of ether oxygens (including phenoxy) is 2. The fourth-order valence-electron chi connectivity index (χ4n) is 3.93. The summed E-state index contributed by atoms with van der Waals surface area (Å²) in [6, 6.07) is 0.729. The first-order chi connectivity index (χ1) is 9.80. The van der Waals surface area contributed by atoms with E-state index in [1.807, 2.05) is 11.8 Å². The summed E-state index contributed by atoms with van der Waals surface area (Å²) in [6.07, 6.45) is 9.43. The fourth-order valence-corrected chi connectivity index (χ4v) is 5.30. The van der Waals surface area contributed by atoms with Crippen molar-refractivity contribution in [2.75, 3.05) is 24.7 Å². The normalized spacial score (nSPS) is 42.1. The summed E-state index contributed by atoms with van der Waals surface area (Å²) >= 11 is 2.04. The molecule has 3 aliphatic rings. The van der Waals surface area contributed by atoms with Gasteiger partial charge in [-0.05, 0) is 50.8 Å². The van der Waals surface area contributed by atoms with Crippen LogP contribution >= 0.6 is 11.8 Å². The average Bonchev–Trinajstić information content (AvgIpc) is 2.89. The maximum absolute atomic E-state index is 6.43. The van der Waals surface area contributed by atoms with Crippen molar-refractivity contribution in [3.8, 4) is 0 Å². The topological polar surface area (TPSA) is 30.5 Å². The molecule has 0 amide bonds. The SMILES string of the molecule is CCNC1CCC(OC2CCOC3(CCSC3)C2)CC1. The Morgan fingerprint density at radius 1 is 1.20 bits per heavy atom. The molecule has 0 aromatic heterocycles. The summed E-state index contributed by atoms with van der Waals surface area (Å²) in [5.74, 6) is 2.44. The van der Waals surface area contributed by atoms with E-state index < -0.39 is 0 Å². The van der Waals surface area contributed by atoms with Crippen molar-refractivity contribution in [1.29, 1.82) is 0 Å². The summed E-state index contributed by atoms with van der Waals surface area (Å²) < 4.78 is 12.5. The molecule has 2 atom stereocenters. The molecule has 116 valence electrons. The van der Waals surface area contributed by atoms with Gasteiger partial charge in [0.15, 0.2) is 0 Å². The molecule has 3 nitrogen and oxygen atoms in total. The molecule has 1 spiro atoms. The van der Waals surface area contributed by atoms with Crippen molar-refractivity contribution in [2.24, 2.45) is 0 Å². The smallest absolute Gasteiger partial charge is 0.0805 e. The Hall–Kier alpha value is 0.230. The van der Waals surface area contributed by atoms with Crippen molar-refractivity contribution in [2.45, 2.75) is 75.7 Å². The highest BCUT2D eigenvalue weighted by molar-refractivity contribution is 7.99. The van der Waals surface area contributed by atoms with Crippen LogP contribution in [-0.2, 0) is 9.47 Å². The molecule has 1 N–H and O–H groups in total. The van der Waals surface area contributed by atoms with Gasteiger partial charge in [0.2, 0.25) is 0 Å². The second kappa shape index (κ2) is 6.99. The molecule has 4 heteroatoms. The van der Waals surface area contributed by atoms with Crippen LogP contribution in [0.25, 0.3) is 0 Å². The van der Waals surface area contributed by atoms with Gasteiger partial charge >= 0.3 is 0 Å². The first-order valence-electron chi connectivity index (χ1n) is 8.40. The number of hydrogen-bond acceptors (Lipinski definition) is 4. The minimum Gasteiger partial charge on any atom is -0.375 e. The third kappa shape index (κ3) is 3.70. The Morgan fingerprint density at radius 2 is 2.05 bits per heavy atom. The molecule has 0 aromatic rings. The van der Waals surface area contributed by atoms with Crippen molar-refractivity contribution < 1.29 is 9.47 Å². The van der Waals surface area contributed by atoms with E-state index >= 15 is 0 Å². The third-order valence-corrected chi connectivity index (χ3v) is 6.29. The van der Waals surface area contributed by atoms with E-state index in [0.717, 1.165) is 32.0 Å². The minimum absolute atomic E-state index is 0.161. The quantitative estimate of drug-likeness (QED) is 0.864. The molecular weight excluding hydrogens is 270 g/mol. The van der Waals surface area contributed by atoms with Crippen LogP contribution in [0.1, 0.15) is 51.9 Å². The fraction of sp³-hybridized carbons (Fsp3) is 1.00. The van der Waals surface area contributed by atoms with Gasteiger partial charge in [-0.3, -0.25) is 0 Å². The predicted molar refractivity (Wildman–Crippen MR) is 84.5 cm³/mol. The van der Waals surface area contributed by atoms with Crippen molar-refractivity contribution in [3.05, 3.63) is 0 Å². The van der Waals surface area contributed by atoms with Gasteiger partial charge in [-0.15, -0.1) is 0 Å². The first kappa shape index (κ1) is 15.1. The van der Waals surface area contributed by atoms with Gasteiger partial charge < -0.3 is 14.8 Å². The van der Waals surface area contributed by atoms with Gasteiger partial charge in [0.05, 0.1) is 17.8 Å². The molecule has 2 heterocycles. The Morgan fingerprint density at radius 3 is 2.75 bits per heavy atom. The van der Waals surface area contributed by atoms with Crippen LogP contribution in [0, 0.1) is 0 Å². The van der Waals surface area contributed by atoms with Gasteiger partial charge in [-0.1, -0.05) is 6.92 Å². The lowest BCUT2D eigenvalue weighted by Crippen LogP contribution is -2.44. The lowest BCUT2D eigenvalue weighted by molar-refractivity contribution is -0.141. The molecule has 1 saturated carbocycles. The number of thioether (sulfide) groups is 1. The molecule has 1 aliphatic carbocycles. The number of hydrogen-bond donors (Lipinski definition) is 1. The minimum atomic E-state index is 0.161. The Balaban J connectivity index is 1.44. The number of nitrogens with one attached hydrogen (secondary N) is 1. The van der Waals surface area contributed by atoms with Crippen LogP contribution in [0.3, 0.4) is 0 Å². The van der Waals surface area contributed by atoms with Crippen LogP contribution in [0.4, 0.5) is 0 Å². The zero-order chi connectivity index (χ0) is 13.8. The van der Waals surface area contributed by atoms with Gasteiger partial charge in [0.25, 0.3) is 0 Å². The van der Waals surface area contributed by atoms with Crippen LogP contribution < -0.4 is 5.32 Å². The summed E-state index contributed by atoms with van der Waals surface area (Å²) in [5.41, 5.74) is 0.161. The monoisotopic (exact) mass is 299 g/mol. The Labute approximate surface area is 127 Å². The molecule has 2 aliphatic heterocycles. The lowest BCUT2D eigenvalue weighted by atomic mass is 9.90. The molecular formula is C16H29NO2S. The highest BCUT2D eigenvalue weighted by Crippen LogP contribution is 2.39. The molecule has 2 saturated heterocycles. The van der Waals surface area contributed by atoms with E-state index in [1.54, 1.807) is 0 Å². The van der Waals surface area contributed by atoms with Gasteiger partial charge in [0.1, 0.15) is 0 Å². The van der Waals surface area contributed by atoms with E-state index in [0.29, 0.717) is 12.2 Å². The zero-order valence-corrected chi connectivity index (χ0v) is 13.6. The van der Waals surface area contributed by atoms with E-state index in [9.17, 15) is 0 Å². The van der Waals surface area contributed by atoms with Gasteiger partial charge in [-0.25, -0.2) is 0 Å². The highest BCUT2D eigenvalue weighted by Gasteiger charge is 2.41.